The molecule has 0 bridgehead atoms. The molecule has 102 valence electrons. The van der Waals surface area contributed by atoms with E-state index in [1.807, 2.05) is 24.6 Å². The molecule has 0 radical (unpaired) electrons. The number of hydrogen-bond acceptors (Lipinski definition) is 4. The minimum absolute atomic E-state index is 0.825. The molecule has 0 saturated carbocycles. The molecule has 0 aromatic carbocycles. The molecular weight excluding hydrogens is 322 g/mol. The predicted octanol–water partition coefficient (Wildman–Crippen LogP) is 3.30. The summed E-state index contributed by atoms with van der Waals surface area (Å²) < 4.78 is 1.02. The number of hydrogen-bond donors (Lipinski definition) is 1. The minimum atomic E-state index is 0.825. The van der Waals surface area contributed by atoms with Gasteiger partial charge in [0.25, 0.3) is 0 Å². The second-order valence-electron chi connectivity index (χ2n) is 4.42. The Bertz CT molecular complexity index is 513. The molecule has 0 spiro atoms. The first-order chi connectivity index (χ1) is 9.20. The normalized spacial score (nSPS) is 10.7. The van der Waals surface area contributed by atoms with Gasteiger partial charge < -0.3 is 10.2 Å². The highest BCUT2D eigenvalue weighted by Gasteiger charge is 2.09. The van der Waals surface area contributed by atoms with Crippen LogP contribution in [0.4, 0.5) is 5.82 Å². The second-order valence-corrected chi connectivity index (χ2v) is 6.37. The molecule has 0 aliphatic heterocycles. The molecule has 5 heteroatoms. The molecule has 0 atom stereocenters. The van der Waals surface area contributed by atoms with Crippen molar-refractivity contribution < 1.29 is 0 Å². The monoisotopic (exact) mass is 339 g/mol. The van der Waals surface area contributed by atoms with E-state index in [0.717, 1.165) is 29.8 Å². The van der Waals surface area contributed by atoms with Gasteiger partial charge in [-0.25, -0.2) is 4.98 Å². The molecule has 2 aromatic heterocycles. The lowest BCUT2D eigenvalue weighted by Gasteiger charge is -2.21. The van der Waals surface area contributed by atoms with Crippen molar-refractivity contribution >= 4 is 33.1 Å². The first-order valence-electron chi connectivity index (χ1n) is 6.23. The third-order valence-corrected chi connectivity index (χ3v) is 4.28. The van der Waals surface area contributed by atoms with E-state index in [1.54, 1.807) is 0 Å². The third-order valence-electron chi connectivity index (χ3n) is 2.91. The van der Waals surface area contributed by atoms with E-state index in [-0.39, 0.29) is 0 Å². The molecule has 2 rings (SSSR count). The van der Waals surface area contributed by atoms with Crippen molar-refractivity contribution in [3.8, 4) is 0 Å². The highest BCUT2D eigenvalue weighted by atomic mass is 79.9. The van der Waals surface area contributed by atoms with Gasteiger partial charge in [0.05, 0.1) is 0 Å². The summed E-state index contributed by atoms with van der Waals surface area (Å²) >= 11 is 5.29. The van der Waals surface area contributed by atoms with E-state index in [1.165, 1.54) is 10.4 Å². The van der Waals surface area contributed by atoms with Gasteiger partial charge in [-0.15, -0.1) is 11.3 Å². The Kier molecular flexibility index (Phi) is 5.36. The Balaban J connectivity index is 2.07. The lowest BCUT2D eigenvalue weighted by Crippen LogP contribution is -2.23. The quantitative estimate of drug-likeness (QED) is 0.875. The molecule has 0 unspecified atom stereocenters. The first-order valence-corrected chi connectivity index (χ1v) is 7.90. The van der Waals surface area contributed by atoms with Crippen LogP contribution in [0.1, 0.15) is 10.4 Å². The average molecular weight is 340 g/mol. The van der Waals surface area contributed by atoms with Crippen molar-refractivity contribution in [1.82, 2.24) is 10.3 Å². The molecular formula is C14H18BrN3S. The van der Waals surface area contributed by atoms with Gasteiger partial charge in [0.1, 0.15) is 5.82 Å². The maximum atomic E-state index is 4.54. The zero-order chi connectivity index (χ0) is 13.7. The highest BCUT2D eigenvalue weighted by molar-refractivity contribution is 9.10. The third kappa shape index (κ3) is 4.03. The maximum absolute atomic E-state index is 4.54. The summed E-state index contributed by atoms with van der Waals surface area (Å²) in [4.78, 5) is 8.18. The fourth-order valence-corrected chi connectivity index (χ4v) is 3.05. The fourth-order valence-electron chi connectivity index (χ4n) is 1.98. The molecule has 0 aliphatic carbocycles. The molecule has 19 heavy (non-hydrogen) atoms. The first kappa shape index (κ1) is 14.5. The van der Waals surface area contributed by atoms with E-state index >= 15 is 0 Å². The van der Waals surface area contributed by atoms with Crippen molar-refractivity contribution in [3.63, 3.8) is 0 Å². The molecule has 3 nitrogen and oxygen atoms in total. The zero-order valence-electron chi connectivity index (χ0n) is 11.2. The van der Waals surface area contributed by atoms with Crippen LogP contribution < -0.4 is 10.2 Å². The smallest absolute Gasteiger partial charge is 0.132 e. The van der Waals surface area contributed by atoms with Crippen molar-refractivity contribution in [1.29, 1.82) is 0 Å². The van der Waals surface area contributed by atoms with Crippen LogP contribution in [0, 0.1) is 0 Å². The van der Waals surface area contributed by atoms with Crippen LogP contribution in [0.15, 0.2) is 34.2 Å². The van der Waals surface area contributed by atoms with Crippen LogP contribution in [0.5, 0.6) is 0 Å². The standard InChI is InChI=1S/C14H18BrN3S/c1-16-9-11-8-12(15)10-17-14(11)18(2)6-5-13-4-3-7-19-13/h3-4,7-8,10,16H,5-6,9H2,1-2H3. The van der Waals surface area contributed by atoms with Crippen molar-refractivity contribution in [2.24, 2.45) is 0 Å². The summed E-state index contributed by atoms with van der Waals surface area (Å²) in [6, 6.07) is 6.41. The van der Waals surface area contributed by atoms with Crippen LogP contribution in [0.2, 0.25) is 0 Å². The molecule has 0 fully saturated rings. The number of nitrogens with one attached hydrogen (secondary N) is 1. The molecule has 0 amide bonds. The van der Waals surface area contributed by atoms with E-state index in [9.17, 15) is 0 Å². The Morgan fingerprint density at radius 2 is 2.32 bits per heavy atom. The van der Waals surface area contributed by atoms with E-state index < -0.39 is 0 Å². The SMILES string of the molecule is CNCc1cc(Br)cnc1N(C)CCc1cccs1. The number of rotatable bonds is 6. The number of thiophene rings is 1. The molecule has 2 heterocycles. The Labute approximate surface area is 126 Å². The largest absolute Gasteiger partial charge is 0.359 e. The summed E-state index contributed by atoms with van der Waals surface area (Å²) in [7, 11) is 4.05. The van der Waals surface area contributed by atoms with Crippen molar-refractivity contribution in [2.75, 3.05) is 25.5 Å². The van der Waals surface area contributed by atoms with E-state index in [4.69, 9.17) is 0 Å². The lowest BCUT2D eigenvalue weighted by molar-refractivity contribution is 0.791. The van der Waals surface area contributed by atoms with Gasteiger partial charge in [-0.1, -0.05) is 6.07 Å². The van der Waals surface area contributed by atoms with E-state index in [0.29, 0.717) is 0 Å². The number of nitrogens with zero attached hydrogens (tertiary/aromatic N) is 2. The number of likely N-dealkylation sites (N-methyl/N-ethyl adjacent to an activating group) is 1. The fraction of sp³-hybridized carbons (Fsp3) is 0.357. The topological polar surface area (TPSA) is 28.2 Å². The van der Waals surface area contributed by atoms with Gasteiger partial charge in [0.2, 0.25) is 0 Å². The van der Waals surface area contributed by atoms with Crippen molar-refractivity contribution in [3.05, 3.63) is 44.7 Å². The lowest BCUT2D eigenvalue weighted by atomic mass is 10.2. The average Bonchev–Trinajstić information content (AvgIpc) is 2.90. The van der Waals surface area contributed by atoms with Gasteiger partial charge in [-0.2, -0.15) is 0 Å². The zero-order valence-corrected chi connectivity index (χ0v) is 13.6. The van der Waals surface area contributed by atoms with Gasteiger partial charge in [0, 0.05) is 41.2 Å². The predicted molar refractivity (Wildman–Crippen MR) is 86.0 cm³/mol. The van der Waals surface area contributed by atoms with Crippen LogP contribution in [-0.2, 0) is 13.0 Å². The van der Waals surface area contributed by atoms with E-state index in [2.05, 4.69) is 61.8 Å². The highest BCUT2D eigenvalue weighted by Crippen LogP contribution is 2.21. The summed E-state index contributed by atoms with van der Waals surface area (Å²) in [6.07, 6.45) is 2.92. The number of halogens is 1. The van der Waals surface area contributed by atoms with Gasteiger partial charge in [-0.05, 0) is 46.9 Å². The summed E-state index contributed by atoms with van der Waals surface area (Å²) in [5.41, 5.74) is 1.21. The van der Waals surface area contributed by atoms with Crippen LogP contribution in [0.25, 0.3) is 0 Å². The van der Waals surface area contributed by atoms with Crippen LogP contribution in [-0.4, -0.2) is 25.6 Å². The summed E-state index contributed by atoms with van der Waals surface area (Å²) in [6.45, 7) is 1.80. The van der Waals surface area contributed by atoms with Crippen LogP contribution in [0.3, 0.4) is 0 Å². The minimum Gasteiger partial charge on any atom is -0.359 e. The van der Waals surface area contributed by atoms with Gasteiger partial charge >= 0.3 is 0 Å². The number of anilines is 1. The number of pyridine rings is 1. The Hall–Kier alpha value is -0.910. The second kappa shape index (κ2) is 7.03. The molecule has 2 aromatic rings. The van der Waals surface area contributed by atoms with Crippen LogP contribution >= 0.6 is 27.3 Å². The Morgan fingerprint density at radius 3 is 3.00 bits per heavy atom. The number of aromatic nitrogens is 1. The maximum Gasteiger partial charge on any atom is 0.132 e. The summed E-state index contributed by atoms with van der Waals surface area (Å²) in [5, 5.41) is 5.32. The van der Waals surface area contributed by atoms with Gasteiger partial charge in [0.15, 0.2) is 0 Å². The Morgan fingerprint density at radius 1 is 1.47 bits per heavy atom. The molecule has 0 saturated heterocycles. The summed E-state index contributed by atoms with van der Waals surface area (Å²) in [5.74, 6) is 1.05. The molecule has 1 N–H and O–H groups in total. The van der Waals surface area contributed by atoms with Crippen molar-refractivity contribution in [2.45, 2.75) is 13.0 Å². The molecule has 0 aliphatic rings. The van der Waals surface area contributed by atoms with Gasteiger partial charge in [-0.3, -0.25) is 0 Å².